The number of hydrogen-bond acceptors (Lipinski definition) is 4. The van der Waals surface area contributed by atoms with E-state index in [0.717, 1.165) is 38.5 Å². The molecule has 27 heavy (non-hydrogen) atoms. The van der Waals surface area contributed by atoms with Crippen LogP contribution < -0.4 is 0 Å². The summed E-state index contributed by atoms with van der Waals surface area (Å²) in [6.45, 7) is 4.34. The molecule has 0 aromatic rings. The molecule has 0 aromatic carbocycles. The van der Waals surface area contributed by atoms with Gasteiger partial charge in [-0.15, -0.1) is 0 Å². The third-order valence-corrected chi connectivity index (χ3v) is 4.48. The predicted molar refractivity (Wildman–Crippen MR) is 108 cm³/mol. The molecule has 0 rings (SSSR count). The van der Waals surface area contributed by atoms with Crippen LogP contribution in [0.2, 0.25) is 0 Å². The van der Waals surface area contributed by atoms with Crippen molar-refractivity contribution < 1.29 is 30.0 Å². The van der Waals surface area contributed by atoms with Gasteiger partial charge in [-0.2, -0.15) is 0 Å². The predicted octanol–water partition coefficient (Wildman–Crippen LogP) is 4.76. The number of carboxylic acid groups (broad SMARTS) is 2. The maximum absolute atomic E-state index is 10.3. The van der Waals surface area contributed by atoms with Crippen LogP contribution in [0.25, 0.3) is 0 Å². The second-order valence-corrected chi connectivity index (χ2v) is 7.17. The molecule has 0 saturated heterocycles. The summed E-state index contributed by atoms with van der Waals surface area (Å²) < 4.78 is 0. The first kappa shape index (κ1) is 28.1. The Hall–Kier alpha value is -1.14. The summed E-state index contributed by atoms with van der Waals surface area (Å²) in [6, 6.07) is 0. The lowest BCUT2D eigenvalue weighted by Gasteiger charge is -2.04. The summed E-state index contributed by atoms with van der Waals surface area (Å²) in [4.78, 5) is 20.5. The average molecular weight is 391 g/mol. The second kappa shape index (κ2) is 21.2. The van der Waals surface area contributed by atoms with E-state index in [1.165, 1.54) is 44.9 Å². The maximum Gasteiger partial charge on any atom is 0.332 e. The van der Waals surface area contributed by atoms with Gasteiger partial charge < -0.3 is 20.4 Å². The molecule has 162 valence electrons. The van der Waals surface area contributed by atoms with E-state index in [2.05, 4.69) is 13.8 Å². The fourth-order valence-corrected chi connectivity index (χ4v) is 2.66. The average Bonchev–Trinajstić information content (AvgIpc) is 2.63. The van der Waals surface area contributed by atoms with E-state index in [4.69, 9.17) is 20.4 Å². The molecule has 0 aliphatic rings. The zero-order chi connectivity index (χ0) is 20.9. The van der Waals surface area contributed by atoms with Gasteiger partial charge in [-0.05, 0) is 12.8 Å². The molecule has 0 radical (unpaired) electrons. The summed E-state index contributed by atoms with van der Waals surface area (Å²) in [5.74, 6) is -2.20. The van der Waals surface area contributed by atoms with Gasteiger partial charge in [-0.1, -0.05) is 97.3 Å². The van der Waals surface area contributed by atoms with Gasteiger partial charge in [0, 0.05) is 0 Å². The van der Waals surface area contributed by atoms with Crippen molar-refractivity contribution in [2.75, 3.05) is 0 Å². The molecule has 2 unspecified atom stereocenters. The van der Waals surface area contributed by atoms with E-state index in [0.29, 0.717) is 12.8 Å². The molecule has 2 atom stereocenters. The summed E-state index contributed by atoms with van der Waals surface area (Å²) in [5.41, 5.74) is 0. The first-order valence-corrected chi connectivity index (χ1v) is 10.7. The Kier molecular flexibility index (Phi) is 22.0. The van der Waals surface area contributed by atoms with Crippen molar-refractivity contribution in [2.24, 2.45) is 0 Å². The van der Waals surface area contributed by atoms with E-state index in [-0.39, 0.29) is 0 Å². The normalized spacial score (nSPS) is 12.7. The lowest BCUT2D eigenvalue weighted by molar-refractivity contribution is -0.147. The minimum Gasteiger partial charge on any atom is -0.479 e. The fourth-order valence-electron chi connectivity index (χ4n) is 2.66. The summed E-state index contributed by atoms with van der Waals surface area (Å²) in [6.07, 6.45) is 13.2. The number of aliphatic carboxylic acids is 2. The highest BCUT2D eigenvalue weighted by molar-refractivity contribution is 5.72. The molecule has 0 bridgehead atoms. The van der Waals surface area contributed by atoms with Crippen molar-refractivity contribution in [2.45, 2.75) is 122 Å². The van der Waals surface area contributed by atoms with E-state index >= 15 is 0 Å². The summed E-state index contributed by atoms with van der Waals surface area (Å²) in [5, 5.41) is 34.7. The van der Waals surface area contributed by atoms with Crippen LogP contribution in [0.3, 0.4) is 0 Å². The molecule has 0 aromatic heterocycles. The Morgan fingerprint density at radius 3 is 1.07 bits per heavy atom. The molecular weight excluding hydrogens is 348 g/mol. The van der Waals surface area contributed by atoms with Gasteiger partial charge in [0.15, 0.2) is 12.2 Å². The first-order chi connectivity index (χ1) is 12.9. The molecule has 0 fully saturated rings. The van der Waals surface area contributed by atoms with Crippen LogP contribution in [0.5, 0.6) is 0 Å². The van der Waals surface area contributed by atoms with Crippen molar-refractivity contribution in [1.82, 2.24) is 0 Å². The maximum atomic E-state index is 10.3. The minimum atomic E-state index is -1.16. The monoisotopic (exact) mass is 390 g/mol. The lowest BCUT2D eigenvalue weighted by atomic mass is 10.1. The summed E-state index contributed by atoms with van der Waals surface area (Å²) >= 11 is 0. The zero-order valence-electron chi connectivity index (χ0n) is 17.4. The molecule has 0 spiro atoms. The van der Waals surface area contributed by atoms with E-state index < -0.39 is 24.1 Å². The number of carboxylic acids is 2. The molecule has 0 amide bonds. The summed E-state index contributed by atoms with van der Waals surface area (Å²) in [7, 11) is 0. The van der Waals surface area contributed by atoms with Crippen molar-refractivity contribution in [3.63, 3.8) is 0 Å². The van der Waals surface area contributed by atoms with E-state index in [1.807, 2.05) is 0 Å². The SMILES string of the molecule is CCCCCCCCC(O)C(=O)O.CCCCCCCCCC(O)C(=O)O. The Bertz CT molecular complexity index is 346. The molecular formula is C21H42O6. The van der Waals surface area contributed by atoms with Crippen LogP contribution in [-0.2, 0) is 9.59 Å². The van der Waals surface area contributed by atoms with Crippen LogP contribution in [0.1, 0.15) is 110 Å². The third kappa shape index (κ3) is 22.8. The van der Waals surface area contributed by atoms with Gasteiger partial charge >= 0.3 is 11.9 Å². The van der Waals surface area contributed by atoms with Crippen LogP contribution in [0, 0.1) is 0 Å². The largest absolute Gasteiger partial charge is 0.479 e. The van der Waals surface area contributed by atoms with Crippen LogP contribution >= 0.6 is 0 Å². The van der Waals surface area contributed by atoms with Gasteiger partial charge in [0.2, 0.25) is 0 Å². The van der Waals surface area contributed by atoms with Gasteiger partial charge in [-0.3, -0.25) is 0 Å². The molecule has 6 nitrogen and oxygen atoms in total. The Morgan fingerprint density at radius 1 is 0.556 bits per heavy atom. The molecule has 0 aliphatic heterocycles. The number of rotatable bonds is 17. The fraction of sp³-hybridized carbons (Fsp3) is 0.905. The van der Waals surface area contributed by atoms with Crippen LogP contribution in [0.4, 0.5) is 0 Å². The highest BCUT2D eigenvalue weighted by Crippen LogP contribution is 2.10. The second-order valence-electron chi connectivity index (χ2n) is 7.17. The van der Waals surface area contributed by atoms with Crippen molar-refractivity contribution in [1.29, 1.82) is 0 Å². The lowest BCUT2D eigenvalue weighted by Crippen LogP contribution is -2.18. The van der Waals surface area contributed by atoms with Crippen molar-refractivity contribution in [3.05, 3.63) is 0 Å². The molecule has 0 aliphatic carbocycles. The molecule has 4 N–H and O–H groups in total. The van der Waals surface area contributed by atoms with Gasteiger partial charge in [0.05, 0.1) is 0 Å². The molecule has 0 saturated carbocycles. The number of unbranched alkanes of at least 4 members (excludes halogenated alkanes) is 11. The van der Waals surface area contributed by atoms with Crippen molar-refractivity contribution >= 4 is 11.9 Å². The van der Waals surface area contributed by atoms with Gasteiger partial charge in [0.25, 0.3) is 0 Å². The van der Waals surface area contributed by atoms with Crippen LogP contribution in [-0.4, -0.2) is 44.6 Å². The van der Waals surface area contributed by atoms with Crippen molar-refractivity contribution in [3.8, 4) is 0 Å². The standard InChI is InChI=1S/C11H22O3.C10H20O3/c1-2-3-4-5-6-7-8-9-10(12)11(13)14;1-2-3-4-5-6-7-8-9(11)10(12)13/h10,12H,2-9H2,1H3,(H,13,14);9,11H,2-8H2,1H3,(H,12,13). The van der Waals surface area contributed by atoms with Crippen LogP contribution in [0.15, 0.2) is 0 Å². The highest BCUT2D eigenvalue weighted by atomic mass is 16.4. The number of aliphatic hydroxyl groups excluding tert-OH is 2. The molecule has 0 heterocycles. The minimum absolute atomic E-state index is 0.390. The number of aliphatic hydroxyl groups is 2. The Labute approximate surface area is 165 Å². The topological polar surface area (TPSA) is 115 Å². The first-order valence-electron chi connectivity index (χ1n) is 10.7. The van der Waals surface area contributed by atoms with E-state index in [1.54, 1.807) is 0 Å². The Balaban J connectivity index is 0. The Morgan fingerprint density at radius 2 is 0.815 bits per heavy atom. The smallest absolute Gasteiger partial charge is 0.332 e. The molecule has 6 heteroatoms. The van der Waals surface area contributed by atoms with Gasteiger partial charge in [0.1, 0.15) is 0 Å². The van der Waals surface area contributed by atoms with Gasteiger partial charge in [-0.25, -0.2) is 9.59 Å². The zero-order valence-corrected chi connectivity index (χ0v) is 17.4. The third-order valence-electron chi connectivity index (χ3n) is 4.48. The quantitative estimate of drug-likeness (QED) is 0.266. The van der Waals surface area contributed by atoms with E-state index in [9.17, 15) is 9.59 Å². The number of carbonyl (C=O) groups is 2. The highest BCUT2D eigenvalue weighted by Gasteiger charge is 2.12. The number of hydrogen-bond donors (Lipinski definition) is 4.